The van der Waals surface area contributed by atoms with Gasteiger partial charge in [0.05, 0.1) is 0 Å². The zero-order chi connectivity index (χ0) is 15.2. The number of carbonyl (C=O) groups is 1. The van der Waals surface area contributed by atoms with Crippen LogP contribution in [0.4, 0.5) is 0 Å². The molecule has 0 saturated heterocycles. The highest BCUT2D eigenvalue weighted by molar-refractivity contribution is 7.85. The van der Waals surface area contributed by atoms with Crippen LogP contribution in [-0.2, 0) is 27.8 Å². The van der Waals surface area contributed by atoms with E-state index in [1.54, 1.807) is 24.3 Å². The van der Waals surface area contributed by atoms with Gasteiger partial charge >= 0.3 is 5.97 Å². The fourth-order valence-corrected chi connectivity index (χ4v) is 3.42. The second-order valence-electron chi connectivity index (χ2n) is 4.67. The zero-order valence-corrected chi connectivity index (χ0v) is 12.8. The molecule has 0 aliphatic carbocycles. The van der Waals surface area contributed by atoms with Crippen LogP contribution in [0.3, 0.4) is 0 Å². The molecule has 0 spiro atoms. The quantitative estimate of drug-likeness (QED) is 0.888. The van der Waals surface area contributed by atoms with E-state index in [9.17, 15) is 14.1 Å². The molecule has 2 atom stereocenters. The molecule has 0 heterocycles. The minimum atomic E-state index is -1.49. The summed E-state index contributed by atoms with van der Waals surface area (Å²) in [5.74, 6) is -0.827. The van der Waals surface area contributed by atoms with E-state index in [0.29, 0.717) is 5.02 Å². The van der Waals surface area contributed by atoms with Gasteiger partial charge in [0.1, 0.15) is 5.25 Å². The molecule has 2 aromatic carbocycles. The molecule has 0 bridgehead atoms. The first-order valence-corrected chi connectivity index (χ1v) is 8.20. The molecule has 0 aromatic heterocycles. The lowest BCUT2D eigenvalue weighted by atomic mass is 10.1. The molecular weight excluding hydrogens is 308 g/mol. The second-order valence-corrected chi connectivity index (χ2v) is 6.72. The van der Waals surface area contributed by atoms with Gasteiger partial charge in [-0.25, -0.2) is 0 Å². The molecule has 0 amide bonds. The SMILES string of the molecule is O=C(O)C(Cc1ccccc1)S(=O)Cc1ccc(Cl)cc1. The Labute approximate surface area is 131 Å². The second kappa shape index (κ2) is 7.38. The van der Waals surface area contributed by atoms with Crippen LogP contribution < -0.4 is 0 Å². The fraction of sp³-hybridized carbons (Fsp3) is 0.188. The highest BCUT2D eigenvalue weighted by Gasteiger charge is 2.25. The van der Waals surface area contributed by atoms with Gasteiger partial charge in [-0.05, 0) is 29.7 Å². The van der Waals surface area contributed by atoms with Crippen LogP contribution in [0, 0.1) is 0 Å². The molecular formula is C16H15ClO3S. The van der Waals surface area contributed by atoms with Gasteiger partial charge in [0, 0.05) is 21.6 Å². The number of carboxylic acid groups (broad SMARTS) is 1. The van der Waals surface area contributed by atoms with Gasteiger partial charge < -0.3 is 5.11 Å². The number of benzene rings is 2. The smallest absolute Gasteiger partial charge is 0.319 e. The van der Waals surface area contributed by atoms with Crippen molar-refractivity contribution in [2.24, 2.45) is 0 Å². The van der Waals surface area contributed by atoms with Crippen LogP contribution in [0.1, 0.15) is 11.1 Å². The summed E-state index contributed by atoms with van der Waals surface area (Å²) in [6.45, 7) is 0. The molecule has 0 radical (unpaired) electrons. The monoisotopic (exact) mass is 322 g/mol. The van der Waals surface area contributed by atoms with Crippen molar-refractivity contribution in [1.82, 2.24) is 0 Å². The molecule has 0 aliphatic heterocycles. The predicted octanol–water partition coefficient (Wildman–Crippen LogP) is 3.28. The summed E-state index contributed by atoms with van der Waals surface area (Å²) in [6, 6.07) is 16.2. The summed E-state index contributed by atoms with van der Waals surface area (Å²) in [6.07, 6.45) is 0.260. The van der Waals surface area contributed by atoms with Crippen molar-refractivity contribution < 1.29 is 14.1 Å². The predicted molar refractivity (Wildman–Crippen MR) is 84.9 cm³/mol. The summed E-state index contributed by atoms with van der Waals surface area (Å²) in [5.41, 5.74) is 1.69. The fourth-order valence-electron chi connectivity index (χ4n) is 1.97. The summed E-state index contributed by atoms with van der Waals surface area (Å²) in [4.78, 5) is 11.4. The maximum Gasteiger partial charge on any atom is 0.319 e. The van der Waals surface area contributed by atoms with Gasteiger partial charge in [-0.2, -0.15) is 0 Å². The summed E-state index contributed by atoms with van der Waals surface area (Å²) in [7, 11) is -1.49. The highest BCUT2D eigenvalue weighted by Crippen LogP contribution is 2.15. The lowest BCUT2D eigenvalue weighted by Crippen LogP contribution is -2.29. The summed E-state index contributed by atoms with van der Waals surface area (Å²) < 4.78 is 12.3. The topological polar surface area (TPSA) is 54.4 Å². The Hall–Kier alpha value is -1.65. The van der Waals surface area contributed by atoms with Crippen LogP contribution in [-0.4, -0.2) is 20.5 Å². The van der Waals surface area contributed by atoms with Gasteiger partial charge in [0.25, 0.3) is 0 Å². The van der Waals surface area contributed by atoms with Crippen molar-refractivity contribution in [2.45, 2.75) is 17.4 Å². The lowest BCUT2D eigenvalue weighted by molar-refractivity contribution is -0.136. The number of hydrogen-bond donors (Lipinski definition) is 1. The van der Waals surface area contributed by atoms with Crippen LogP contribution in [0.25, 0.3) is 0 Å². The standard InChI is InChI=1S/C16H15ClO3S/c17-14-8-6-13(7-9-14)11-21(20)15(16(18)19)10-12-4-2-1-3-5-12/h1-9,15H,10-11H2,(H,18,19). The third-order valence-corrected chi connectivity index (χ3v) is 4.95. The molecule has 21 heavy (non-hydrogen) atoms. The van der Waals surface area contributed by atoms with Crippen molar-refractivity contribution in [1.29, 1.82) is 0 Å². The Kier molecular flexibility index (Phi) is 5.53. The minimum Gasteiger partial charge on any atom is -0.480 e. The Morgan fingerprint density at radius 3 is 2.24 bits per heavy atom. The summed E-state index contributed by atoms with van der Waals surface area (Å²) in [5, 5.41) is 9.00. The van der Waals surface area contributed by atoms with E-state index in [0.717, 1.165) is 11.1 Å². The van der Waals surface area contributed by atoms with Gasteiger partial charge in [0.15, 0.2) is 0 Å². The molecule has 3 nitrogen and oxygen atoms in total. The van der Waals surface area contributed by atoms with Crippen LogP contribution in [0.15, 0.2) is 54.6 Å². The van der Waals surface area contributed by atoms with Gasteiger partial charge in [0.2, 0.25) is 0 Å². The van der Waals surface area contributed by atoms with Gasteiger partial charge in [-0.1, -0.05) is 54.1 Å². The number of rotatable bonds is 6. The first-order valence-electron chi connectivity index (χ1n) is 6.44. The van der Waals surface area contributed by atoms with E-state index in [2.05, 4.69) is 0 Å². The highest BCUT2D eigenvalue weighted by atomic mass is 35.5. The van der Waals surface area contributed by atoms with Crippen molar-refractivity contribution in [2.75, 3.05) is 0 Å². The van der Waals surface area contributed by atoms with E-state index < -0.39 is 22.0 Å². The Bertz CT molecular complexity index is 626. The van der Waals surface area contributed by atoms with Crippen molar-refractivity contribution in [3.05, 3.63) is 70.7 Å². The van der Waals surface area contributed by atoms with Crippen molar-refractivity contribution >= 4 is 28.4 Å². The van der Waals surface area contributed by atoms with Gasteiger partial charge in [-0.3, -0.25) is 9.00 Å². The lowest BCUT2D eigenvalue weighted by Gasteiger charge is -2.12. The van der Waals surface area contributed by atoms with E-state index in [1.165, 1.54) is 0 Å². The molecule has 110 valence electrons. The largest absolute Gasteiger partial charge is 0.480 e. The van der Waals surface area contributed by atoms with E-state index >= 15 is 0 Å². The molecule has 5 heteroatoms. The van der Waals surface area contributed by atoms with Crippen molar-refractivity contribution in [3.8, 4) is 0 Å². The van der Waals surface area contributed by atoms with E-state index in [4.69, 9.17) is 11.6 Å². The number of hydrogen-bond acceptors (Lipinski definition) is 2. The average molecular weight is 323 g/mol. The molecule has 0 saturated carbocycles. The maximum atomic E-state index is 12.3. The van der Waals surface area contributed by atoms with E-state index in [-0.39, 0.29) is 12.2 Å². The normalized spacial score (nSPS) is 13.6. The Morgan fingerprint density at radius 1 is 1.05 bits per heavy atom. The van der Waals surface area contributed by atoms with E-state index in [1.807, 2.05) is 30.3 Å². The molecule has 2 rings (SSSR count). The molecule has 0 aliphatic rings. The van der Waals surface area contributed by atoms with Crippen LogP contribution >= 0.6 is 11.6 Å². The molecule has 2 aromatic rings. The summed E-state index contributed by atoms with van der Waals surface area (Å²) >= 11 is 5.80. The third kappa shape index (κ3) is 4.69. The zero-order valence-electron chi connectivity index (χ0n) is 11.2. The first-order chi connectivity index (χ1) is 10.1. The first kappa shape index (κ1) is 15.7. The van der Waals surface area contributed by atoms with Crippen LogP contribution in [0.2, 0.25) is 5.02 Å². The third-order valence-electron chi connectivity index (χ3n) is 3.08. The van der Waals surface area contributed by atoms with Crippen LogP contribution in [0.5, 0.6) is 0 Å². The number of carboxylic acids is 1. The maximum absolute atomic E-state index is 12.3. The molecule has 0 fully saturated rings. The number of halogens is 1. The minimum absolute atomic E-state index is 0.209. The Morgan fingerprint density at radius 2 is 1.67 bits per heavy atom. The molecule has 1 N–H and O–H groups in total. The van der Waals surface area contributed by atoms with Gasteiger partial charge in [-0.15, -0.1) is 0 Å². The Balaban J connectivity index is 2.09. The number of aliphatic carboxylic acids is 1. The van der Waals surface area contributed by atoms with Crippen molar-refractivity contribution in [3.63, 3.8) is 0 Å². The average Bonchev–Trinajstić information content (AvgIpc) is 2.48. The molecule has 2 unspecified atom stereocenters.